The Bertz CT molecular complexity index is 743. The summed E-state index contributed by atoms with van der Waals surface area (Å²) in [6.07, 6.45) is 0. The number of carbonyl (C=O) groups excluding carboxylic acids is 1. The number of carbonyl (C=O) groups is 1. The fourth-order valence-electron chi connectivity index (χ4n) is 1.99. The maximum atomic E-state index is 13.2. The smallest absolute Gasteiger partial charge is 0.251 e. The normalized spacial score (nSPS) is 10.3. The SMILES string of the molecule is Cc1cc(C(=O)NCc2ccc(C(=N)N)cc2N)ccc1F. The molecule has 0 radical (unpaired) electrons. The Labute approximate surface area is 127 Å². The topological polar surface area (TPSA) is 105 Å². The van der Waals surface area contributed by atoms with Crippen LogP contribution >= 0.6 is 0 Å². The second kappa shape index (κ2) is 6.26. The Kier molecular flexibility index (Phi) is 4.41. The summed E-state index contributed by atoms with van der Waals surface area (Å²) in [5.41, 5.74) is 13.8. The minimum atomic E-state index is -0.347. The summed E-state index contributed by atoms with van der Waals surface area (Å²) in [5, 5.41) is 10.1. The Morgan fingerprint density at radius 2 is 1.91 bits per heavy atom. The van der Waals surface area contributed by atoms with E-state index in [9.17, 15) is 9.18 Å². The lowest BCUT2D eigenvalue weighted by Crippen LogP contribution is -2.23. The number of anilines is 1. The zero-order chi connectivity index (χ0) is 16.3. The van der Waals surface area contributed by atoms with Gasteiger partial charge in [0.05, 0.1) is 0 Å². The molecule has 0 spiro atoms. The number of hydrogen-bond acceptors (Lipinski definition) is 3. The molecule has 0 aliphatic carbocycles. The van der Waals surface area contributed by atoms with Crippen LogP contribution in [0.2, 0.25) is 0 Å². The lowest BCUT2D eigenvalue weighted by molar-refractivity contribution is 0.0951. The predicted molar refractivity (Wildman–Crippen MR) is 84.2 cm³/mol. The van der Waals surface area contributed by atoms with Gasteiger partial charge in [-0.2, -0.15) is 0 Å². The molecule has 22 heavy (non-hydrogen) atoms. The van der Waals surface area contributed by atoms with Crippen molar-refractivity contribution >= 4 is 17.4 Å². The molecule has 0 saturated heterocycles. The summed E-state index contributed by atoms with van der Waals surface area (Å²) in [6.45, 7) is 1.84. The molecule has 0 aliphatic rings. The van der Waals surface area contributed by atoms with Gasteiger partial charge in [0, 0.05) is 23.4 Å². The van der Waals surface area contributed by atoms with Gasteiger partial charge in [0.2, 0.25) is 0 Å². The number of aryl methyl sites for hydroxylation is 1. The number of rotatable bonds is 4. The highest BCUT2D eigenvalue weighted by molar-refractivity contribution is 5.96. The standard InChI is InChI=1S/C16H17FN4O/c1-9-6-11(4-5-13(9)17)16(22)21-8-12-3-2-10(15(19)20)7-14(12)18/h2-7H,8,18H2,1H3,(H3,19,20)(H,21,22). The van der Waals surface area contributed by atoms with Gasteiger partial charge in [-0.1, -0.05) is 12.1 Å². The van der Waals surface area contributed by atoms with E-state index in [0.717, 1.165) is 5.56 Å². The first kappa shape index (κ1) is 15.5. The van der Waals surface area contributed by atoms with Crippen molar-refractivity contribution < 1.29 is 9.18 Å². The summed E-state index contributed by atoms with van der Waals surface area (Å²) in [6, 6.07) is 9.16. The Morgan fingerprint density at radius 3 is 2.50 bits per heavy atom. The van der Waals surface area contributed by atoms with Gasteiger partial charge in [0.25, 0.3) is 5.91 Å². The van der Waals surface area contributed by atoms with Crippen LogP contribution in [0.25, 0.3) is 0 Å². The third kappa shape index (κ3) is 3.41. The molecule has 0 bridgehead atoms. The molecule has 0 fully saturated rings. The number of halogens is 1. The molecule has 2 aromatic rings. The van der Waals surface area contributed by atoms with Crippen LogP contribution in [0.15, 0.2) is 36.4 Å². The first-order valence-corrected chi connectivity index (χ1v) is 6.65. The Hall–Kier alpha value is -2.89. The Morgan fingerprint density at radius 1 is 1.23 bits per heavy atom. The highest BCUT2D eigenvalue weighted by Crippen LogP contribution is 2.14. The van der Waals surface area contributed by atoms with E-state index in [1.54, 1.807) is 25.1 Å². The van der Waals surface area contributed by atoms with Crippen molar-refractivity contribution in [1.82, 2.24) is 5.32 Å². The molecule has 0 saturated carbocycles. The average Bonchev–Trinajstić information content (AvgIpc) is 2.48. The average molecular weight is 300 g/mol. The minimum absolute atomic E-state index is 0.0657. The van der Waals surface area contributed by atoms with E-state index in [4.69, 9.17) is 16.9 Å². The van der Waals surface area contributed by atoms with Crippen molar-refractivity contribution in [2.75, 3.05) is 5.73 Å². The zero-order valence-corrected chi connectivity index (χ0v) is 12.1. The van der Waals surface area contributed by atoms with Crippen molar-refractivity contribution in [3.8, 4) is 0 Å². The number of amidine groups is 1. The molecule has 1 amide bonds. The minimum Gasteiger partial charge on any atom is -0.398 e. The molecule has 0 aliphatic heterocycles. The third-order valence-corrected chi connectivity index (χ3v) is 3.32. The van der Waals surface area contributed by atoms with Crippen molar-refractivity contribution in [2.24, 2.45) is 5.73 Å². The van der Waals surface area contributed by atoms with Crippen LogP contribution in [0.4, 0.5) is 10.1 Å². The van der Waals surface area contributed by atoms with E-state index in [1.165, 1.54) is 18.2 Å². The quantitative estimate of drug-likeness (QED) is 0.394. The maximum absolute atomic E-state index is 13.2. The molecule has 2 rings (SSSR count). The second-order valence-electron chi connectivity index (χ2n) is 4.97. The number of nitrogen functional groups attached to an aromatic ring is 2. The molecule has 0 aromatic heterocycles. The first-order chi connectivity index (χ1) is 10.4. The van der Waals surface area contributed by atoms with Gasteiger partial charge in [-0.15, -0.1) is 0 Å². The van der Waals surface area contributed by atoms with Gasteiger partial charge in [-0.05, 0) is 42.3 Å². The van der Waals surface area contributed by atoms with Crippen LogP contribution in [0.5, 0.6) is 0 Å². The van der Waals surface area contributed by atoms with Crippen molar-refractivity contribution in [2.45, 2.75) is 13.5 Å². The van der Waals surface area contributed by atoms with Crippen molar-refractivity contribution in [3.63, 3.8) is 0 Å². The molecule has 0 atom stereocenters. The first-order valence-electron chi connectivity index (χ1n) is 6.65. The molecule has 6 heteroatoms. The fourth-order valence-corrected chi connectivity index (χ4v) is 1.99. The summed E-state index contributed by atoms with van der Waals surface area (Å²) >= 11 is 0. The van der Waals surface area contributed by atoms with Gasteiger partial charge in [0.1, 0.15) is 11.7 Å². The van der Waals surface area contributed by atoms with Gasteiger partial charge < -0.3 is 16.8 Å². The molecule has 6 N–H and O–H groups in total. The van der Waals surface area contributed by atoms with Gasteiger partial charge in [-0.25, -0.2) is 4.39 Å². The van der Waals surface area contributed by atoms with Crippen molar-refractivity contribution in [1.29, 1.82) is 5.41 Å². The van der Waals surface area contributed by atoms with E-state index in [0.29, 0.717) is 22.4 Å². The lowest BCUT2D eigenvalue weighted by Gasteiger charge is -2.10. The second-order valence-corrected chi connectivity index (χ2v) is 4.97. The third-order valence-electron chi connectivity index (χ3n) is 3.32. The summed E-state index contributed by atoms with van der Waals surface area (Å²) in [7, 11) is 0. The highest BCUT2D eigenvalue weighted by Gasteiger charge is 2.09. The van der Waals surface area contributed by atoms with E-state index < -0.39 is 0 Å². The van der Waals surface area contributed by atoms with Crippen molar-refractivity contribution in [3.05, 3.63) is 64.5 Å². The number of amides is 1. The van der Waals surface area contributed by atoms with Gasteiger partial charge in [0.15, 0.2) is 0 Å². The molecule has 0 heterocycles. The summed E-state index contributed by atoms with van der Waals surface area (Å²) < 4.78 is 13.2. The molecule has 5 nitrogen and oxygen atoms in total. The van der Waals surface area contributed by atoms with E-state index in [2.05, 4.69) is 5.32 Å². The van der Waals surface area contributed by atoms with Gasteiger partial charge >= 0.3 is 0 Å². The number of hydrogen-bond donors (Lipinski definition) is 4. The summed E-state index contributed by atoms with van der Waals surface area (Å²) in [5.74, 6) is -0.720. The maximum Gasteiger partial charge on any atom is 0.251 e. The lowest BCUT2D eigenvalue weighted by atomic mass is 10.1. The van der Waals surface area contributed by atoms with Crippen LogP contribution in [-0.2, 0) is 6.54 Å². The monoisotopic (exact) mass is 300 g/mol. The zero-order valence-electron chi connectivity index (χ0n) is 12.1. The van der Waals surface area contributed by atoms with Crippen LogP contribution < -0.4 is 16.8 Å². The van der Waals surface area contributed by atoms with Crippen LogP contribution in [-0.4, -0.2) is 11.7 Å². The summed E-state index contributed by atoms with van der Waals surface area (Å²) in [4.78, 5) is 12.0. The van der Waals surface area contributed by atoms with E-state index >= 15 is 0 Å². The van der Waals surface area contributed by atoms with E-state index in [1.807, 2.05) is 0 Å². The largest absolute Gasteiger partial charge is 0.398 e. The molecule has 114 valence electrons. The highest BCUT2D eigenvalue weighted by atomic mass is 19.1. The molecular weight excluding hydrogens is 283 g/mol. The number of nitrogens with two attached hydrogens (primary N) is 2. The number of benzene rings is 2. The van der Waals surface area contributed by atoms with Crippen LogP contribution in [0.3, 0.4) is 0 Å². The number of nitrogens with one attached hydrogen (secondary N) is 2. The van der Waals surface area contributed by atoms with Crippen LogP contribution in [0.1, 0.15) is 27.0 Å². The fraction of sp³-hybridized carbons (Fsp3) is 0.125. The molecule has 0 unspecified atom stereocenters. The Balaban J connectivity index is 2.07. The molecule has 2 aromatic carbocycles. The van der Waals surface area contributed by atoms with Gasteiger partial charge in [-0.3, -0.25) is 10.2 Å². The van der Waals surface area contributed by atoms with E-state index in [-0.39, 0.29) is 24.1 Å². The molecular formula is C16H17FN4O. The van der Waals surface area contributed by atoms with Crippen LogP contribution in [0, 0.1) is 18.2 Å². The predicted octanol–water partition coefficient (Wildman–Crippen LogP) is 1.93.